The monoisotopic (exact) mass is 700 g/mol. The van der Waals surface area contributed by atoms with Gasteiger partial charge in [-0.2, -0.15) is 0 Å². The maximum Gasteiger partial charge on any atom is 0.164 e. The molecule has 8 aromatic carbocycles. The second-order valence-corrected chi connectivity index (χ2v) is 12.9. The second kappa shape index (κ2) is 12.1. The van der Waals surface area contributed by atoms with Gasteiger partial charge in [0, 0.05) is 43.6 Å². The predicted molar refractivity (Wildman–Crippen MR) is 219 cm³/mol. The maximum absolute atomic E-state index is 9.29. The van der Waals surface area contributed by atoms with E-state index in [2.05, 4.69) is 18.2 Å². The van der Waals surface area contributed by atoms with Crippen LogP contribution in [0.25, 0.3) is 111 Å². The van der Waals surface area contributed by atoms with Gasteiger partial charge in [0.1, 0.15) is 22.3 Å². The van der Waals surface area contributed by atoms with E-state index in [1.165, 1.54) is 0 Å². The van der Waals surface area contributed by atoms with Gasteiger partial charge in [-0.3, -0.25) is 0 Å². The van der Waals surface area contributed by atoms with Gasteiger partial charge in [-0.15, -0.1) is 0 Å². The fraction of sp³-hybridized carbons (Fsp3) is 0. The van der Waals surface area contributed by atoms with Crippen LogP contribution in [0.3, 0.4) is 0 Å². The minimum Gasteiger partial charge on any atom is -0.456 e. The van der Waals surface area contributed by atoms with Gasteiger partial charge in [-0.25, -0.2) is 15.0 Å². The van der Waals surface area contributed by atoms with Crippen LogP contribution in [0.1, 0.15) is 12.3 Å². The molecule has 0 spiro atoms. The number of aromatic nitrogens is 3. The molecule has 0 aliphatic heterocycles. The van der Waals surface area contributed by atoms with Gasteiger partial charge in [0.15, 0.2) is 17.5 Å². The molecule has 5 heteroatoms. The van der Waals surface area contributed by atoms with Gasteiger partial charge in [0.2, 0.25) is 0 Å². The van der Waals surface area contributed by atoms with E-state index in [0.717, 1.165) is 38.6 Å². The number of rotatable bonds is 5. The molecular formula is C49H29N3O2. The standard InChI is InChI=1S/C49H29N3O2/c1-3-11-31(12-4-1)41-27-36(29-44-45(41)40-17-9-10-18-42(40)53-44)49-51-47(33-14-5-2-6-15-33)50-48(52-49)34-21-19-30(20-22-34)35-24-25-38-39-26-23-32-13-7-8-16-37(32)46(39)54-43(38)28-35/h1-29H/i7D,8D,13D,16D,23D,24D,25D,26D,28D. The molecule has 11 aromatic rings. The Labute approximate surface area is 322 Å². The third kappa shape index (κ3) is 4.98. The molecule has 0 atom stereocenters. The second-order valence-electron chi connectivity index (χ2n) is 12.9. The van der Waals surface area contributed by atoms with Crippen molar-refractivity contribution in [2.75, 3.05) is 0 Å². The van der Waals surface area contributed by atoms with E-state index >= 15 is 0 Å². The van der Waals surface area contributed by atoms with Crippen molar-refractivity contribution in [3.05, 3.63) is 176 Å². The van der Waals surface area contributed by atoms with Gasteiger partial charge in [-0.1, -0.05) is 139 Å². The Kier molecular flexibility index (Phi) is 5.06. The summed E-state index contributed by atoms with van der Waals surface area (Å²) < 4.78 is 91.2. The first-order chi connectivity index (χ1) is 30.5. The molecule has 0 amide bonds. The number of fused-ring (bicyclic) bond motifs is 8. The molecule has 3 aromatic heterocycles. The Balaban J connectivity index is 1.07. The normalized spacial score (nSPS) is 14.0. The first kappa shape index (κ1) is 22.5. The minimum absolute atomic E-state index is 0.0457. The van der Waals surface area contributed by atoms with E-state index in [1.54, 1.807) is 24.3 Å². The van der Waals surface area contributed by atoms with Crippen molar-refractivity contribution in [2.45, 2.75) is 0 Å². The molecule has 0 aliphatic rings. The number of furan rings is 2. The van der Waals surface area contributed by atoms with Crippen molar-refractivity contribution in [2.24, 2.45) is 0 Å². The summed E-state index contributed by atoms with van der Waals surface area (Å²) in [6.07, 6.45) is 0. The molecular weight excluding hydrogens is 663 g/mol. The molecule has 0 fully saturated rings. The van der Waals surface area contributed by atoms with Crippen molar-refractivity contribution in [1.82, 2.24) is 15.0 Å². The summed E-state index contributed by atoms with van der Waals surface area (Å²) in [6, 6.07) is 34.7. The summed E-state index contributed by atoms with van der Waals surface area (Å²) in [7, 11) is 0. The van der Waals surface area contributed by atoms with Crippen molar-refractivity contribution in [1.29, 1.82) is 0 Å². The van der Waals surface area contributed by atoms with Crippen LogP contribution in [0, 0.1) is 0 Å². The zero-order chi connectivity index (χ0) is 43.4. The van der Waals surface area contributed by atoms with Crippen LogP contribution in [0.15, 0.2) is 185 Å². The molecule has 11 rings (SSSR count). The fourth-order valence-electron chi connectivity index (χ4n) is 7.01. The zero-order valence-corrected chi connectivity index (χ0v) is 28.2. The molecule has 0 N–H and O–H groups in total. The van der Waals surface area contributed by atoms with E-state index in [0.29, 0.717) is 34.2 Å². The lowest BCUT2D eigenvalue weighted by Crippen LogP contribution is -2.00. The highest BCUT2D eigenvalue weighted by atomic mass is 16.3. The third-order valence-corrected chi connectivity index (χ3v) is 9.61. The SMILES string of the molecule is [2H]c1c([2H])c([2H])c2c(c1[2H])c([2H])c([2H])c1c2oc2c([2H])c(-c3ccc(-c4nc(-c5ccccc5)nc(-c5cc(-c6ccccc6)c6c(c5)oc5ccccc56)n4)cc3)c([2H])c([2H])c21. The number of benzene rings is 8. The quantitative estimate of drug-likeness (QED) is 0.179. The summed E-state index contributed by atoms with van der Waals surface area (Å²) in [4.78, 5) is 14.9. The van der Waals surface area contributed by atoms with Gasteiger partial charge >= 0.3 is 0 Å². The van der Waals surface area contributed by atoms with Gasteiger partial charge < -0.3 is 8.83 Å². The van der Waals surface area contributed by atoms with Crippen molar-refractivity contribution < 1.29 is 21.2 Å². The van der Waals surface area contributed by atoms with Crippen molar-refractivity contribution >= 4 is 54.6 Å². The maximum atomic E-state index is 9.29. The summed E-state index contributed by atoms with van der Waals surface area (Å²) in [5.74, 6) is 1.23. The van der Waals surface area contributed by atoms with Crippen LogP contribution in [-0.2, 0) is 0 Å². The Morgan fingerprint density at radius 2 is 1.06 bits per heavy atom. The summed E-state index contributed by atoms with van der Waals surface area (Å²) in [5.41, 5.74) is 5.75. The molecule has 252 valence electrons. The van der Waals surface area contributed by atoms with Gasteiger partial charge in [-0.05, 0) is 64.0 Å². The average molecular weight is 701 g/mol. The first-order valence-electron chi connectivity index (χ1n) is 21.8. The number of hydrogen-bond donors (Lipinski definition) is 0. The van der Waals surface area contributed by atoms with Crippen molar-refractivity contribution in [3.8, 4) is 56.4 Å². The highest BCUT2D eigenvalue weighted by molar-refractivity contribution is 6.16. The van der Waals surface area contributed by atoms with Crippen LogP contribution in [0.5, 0.6) is 0 Å². The topological polar surface area (TPSA) is 65.0 Å². The smallest absolute Gasteiger partial charge is 0.164 e. The molecule has 0 unspecified atom stereocenters. The molecule has 0 saturated heterocycles. The van der Waals surface area contributed by atoms with Crippen LogP contribution >= 0.6 is 0 Å². The minimum atomic E-state index is -0.552. The van der Waals surface area contributed by atoms with E-state index in [9.17, 15) is 1.37 Å². The lowest BCUT2D eigenvalue weighted by atomic mass is 9.97. The molecule has 0 saturated carbocycles. The Morgan fingerprint density at radius 3 is 1.85 bits per heavy atom. The lowest BCUT2D eigenvalue weighted by molar-refractivity contribution is 0.669. The van der Waals surface area contributed by atoms with Crippen LogP contribution in [0.2, 0.25) is 0 Å². The molecule has 54 heavy (non-hydrogen) atoms. The Bertz CT molecular complexity index is 3720. The molecule has 0 bridgehead atoms. The van der Waals surface area contributed by atoms with Gasteiger partial charge in [0.25, 0.3) is 0 Å². The molecule has 5 nitrogen and oxygen atoms in total. The lowest BCUT2D eigenvalue weighted by Gasteiger charge is -2.11. The Morgan fingerprint density at radius 1 is 0.407 bits per heavy atom. The van der Waals surface area contributed by atoms with E-state index in [1.807, 2.05) is 78.9 Å². The molecule has 3 heterocycles. The number of hydrogen-bond acceptors (Lipinski definition) is 5. The van der Waals surface area contributed by atoms with E-state index in [-0.39, 0.29) is 56.4 Å². The largest absolute Gasteiger partial charge is 0.456 e. The zero-order valence-electron chi connectivity index (χ0n) is 37.2. The number of nitrogens with zero attached hydrogens (tertiary/aromatic N) is 3. The van der Waals surface area contributed by atoms with Gasteiger partial charge in [0.05, 0.1) is 12.3 Å². The van der Waals surface area contributed by atoms with E-state index < -0.39 is 36.3 Å². The predicted octanol–water partition coefficient (Wildman–Crippen LogP) is 13.2. The summed E-state index contributed by atoms with van der Waals surface area (Å²) in [6.45, 7) is 0. The van der Waals surface area contributed by atoms with Crippen molar-refractivity contribution in [3.63, 3.8) is 0 Å². The van der Waals surface area contributed by atoms with Crippen LogP contribution < -0.4 is 0 Å². The van der Waals surface area contributed by atoms with E-state index in [4.69, 9.17) is 34.8 Å². The highest BCUT2D eigenvalue weighted by Gasteiger charge is 2.19. The molecule has 0 radical (unpaired) electrons. The number of para-hydroxylation sites is 1. The Hall–Kier alpha value is -7.37. The summed E-state index contributed by atoms with van der Waals surface area (Å²) in [5, 5.41) is 1.56. The molecule has 0 aliphatic carbocycles. The first-order valence-corrected chi connectivity index (χ1v) is 17.3. The van der Waals surface area contributed by atoms with Crippen LogP contribution in [0.4, 0.5) is 0 Å². The summed E-state index contributed by atoms with van der Waals surface area (Å²) >= 11 is 0. The third-order valence-electron chi connectivity index (χ3n) is 9.61. The fourth-order valence-corrected chi connectivity index (χ4v) is 7.01. The average Bonchev–Trinajstić information content (AvgIpc) is 3.91. The highest BCUT2D eigenvalue weighted by Crippen LogP contribution is 2.40. The van der Waals surface area contributed by atoms with Crippen LogP contribution in [-0.4, -0.2) is 15.0 Å².